The van der Waals surface area contributed by atoms with Gasteiger partial charge in [-0.1, -0.05) is 11.6 Å². The molecule has 3 heterocycles. The van der Waals surface area contributed by atoms with Crippen LogP contribution in [0.25, 0.3) is 11.4 Å². The van der Waals surface area contributed by atoms with Crippen molar-refractivity contribution in [3.05, 3.63) is 23.0 Å². The molecule has 0 N–H and O–H groups in total. The average Bonchev–Trinajstić information content (AvgIpc) is 2.92. The molecule has 5 nitrogen and oxygen atoms in total. The molecule has 3 rings (SSSR count). The van der Waals surface area contributed by atoms with Gasteiger partial charge in [0.05, 0.1) is 11.2 Å². The predicted molar refractivity (Wildman–Crippen MR) is 72.4 cm³/mol. The number of carbonyl (C=O) groups excluding carboxylic acids is 1. The third-order valence-electron chi connectivity index (χ3n) is 3.32. The topological polar surface area (TPSA) is 52.7 Å². The van der Waals surface area contributed by atoms with Crippen LogP contribution in [0.1, 0.15) is 43.2 Å². The molecule has 0 spiro atoms. The molecule has 0 atom stereocenters. The van der Waals surface area contributed by atoms with E-state index in [0.29, 0.717) is 17.1 Å². The molecule has 0 fully saturated rings. The number of fused-ring (bicyclic) bond motifs is 1. The van der Waals surface area contributed by atoms with Crippen LogP contribution in [-0.4, -0.2) is 25.3 Å². The van der Waals surface area contributed by atoms with Gasteiger partial charge in [0.25, 0.3) is 0 Å². The molecule has 0 radical (unpaired) electrons. The predicted octanol–water partition coefficient (Wildman–Crippen LogP) is 2.96. The van der Waals surface area contributed by atoms with Crippen LogP contribution >= 0.6 is 11.6 Å². The second kappa shape index (κ2) is 4.49. The molecule has 1 aliphatic rings. The fourth-order valence-electron chi connectivity index (χ4n) is 2.42. The van der Waals surface area contributed by atoms with Crippen molar-refractivity contribution in [1.82, 2.24) is 19.6 Å². The van der Waals surface area contributed by atoms with Crippen LogP contribution in [0.15, 0.2) is 12.3 Å². The van der Waals surface area contributed by atoms with Crippen molar-refractivity contribution in [3.8, 4) is 11.4 Å². The van der Waals surface area contributed by atoms with E-state index in [1.807, 2.05) is 24.6 Å². The summed E-state index contributed by atoms with van der Waals surface area (Å²) in [5.74, 6) is 0.150. The highest BCUT2D eigenvalue weighted by Gasteiger charge is 2.23. The lowest BCUT2D eigenvalue weighted by Gasteiger charge is -2.11. The number of rotatable bonds is 2. The van der Waals surface area contributed by atoms with Crippen molar-refractivity contribution in [3.63, 3.8) is 0 Å². The number of aryl methyl sites for hydroxylation is 1. The minimum atomic E-state index is 0.150. The summed E-state index contributed by atoms with van der Waals surface area (Å²) < 4.78 is 3.61. The second-order valence-electron chi connectivity index (χ2n) is 5.04. The summed E-state index contributed by atoms with van der Waals surface area (Å²) in [5, 5.41) is 9.33. The molecule has 0 amide bonds. The summed E-state index contributed by atoms with van der Waals surface area (Å²) in [4.78, 5) is 11.9. The summed E-state index contributed by atoms with van der Waals surface area (Å²) >= 11 is 6.21. The van der Waals surface area contributed by atoms with Crippen LogP contribution in [0.4, 0.5) is 0 Å². The maximum Gasteiger partial charge on any atom is 0.180 e. The third kappa shape index (κ3) is 1.98. The Labute approximate surface area is 116 Å². The Morgan fingerprint density at radius 1 is 1.42 bits per heavy atom. The van der Waals surface area contributed by atoms with Gasteiger partial charge >= 0.3 is 0 Å². The van der Waals surface area contributed by atoms with E-state index < -0.39 is 0 Å². The van der Waals surface area contributed by atoms with Gasteiger partial charge in [0.2, 0.25) is 0 Å². The van der Waals surface area contributed by atoms with Crippen molar-refractivity contribution in [1.29, 1.82) is 0 Å². The van der Waals surface area contributed by atoms with Gasteiger partial charge in [-0.2, -0.15) is 10.2 Å². The molecule has 100 valence electrons. The summed E-state index contributed by atoms with van der Waals surface area (Å²) in [6, 6.07) is 2.01. The SMILES string of the molecule is CC(C)n1ncc(Cl)c1-c1cc2n(n1)CCCC2=O. The fraction of sp³-hybridized carbons (Fsp3) is 0.462. The zero-order valence-corrected chi connectivity index (χ0v) is 11.7. The van der Waals surface area contributed by atoms with Crippen LogP contribution in [0.5, 0.6) is 0 Å². The Kier molecular flexibility index (Phi) is 2.93. The van der Waals surface area contributed by atoms with E-state index in [4.69, 9.17) is 11.6 Å². The van der Waals surface area contributed by atoms with E-state index in [-0.39, 0.29) is 11.8 Å². The number of halogens is 1. The van der Waals surface area contributed by atoms with Crippen LogP contribution < -0.4 is 0 Å². The first-order valence-corrected chi connectivity index (χ1v) is 6.80. The number of hydrogen-bond donors (Lipinski definition) is 0. The molecule has 19 heavy (non-hydrogen) atoms. The summed E-state index contributed by atoms with van der Waals surface area (Å²) in [5.41, 5.74) is 2.18. The van der Waals surface area contributed by atoms with E-state index in [1.165, 1.54) is 0 Å². The van der Waals surface area contributed by atoms with Crippen molar-refractivity contribution >= 4 is 17.4 Å². The van der Waals surface area contributed by atoms with Crippen molar-refractivity contribution in [2.75, 3.05) is 0 Å². The monoisotopic (exact) mass is 278 g/mol. The highest BCUT2D eigenvalue weighted by molar-refractivity contribution is 6.33. The number of nitrogens with zero attached hydrogens (tertiary/aromatic N) is 4. The Balaban J connectivity index is 2.13. The molecule has 0 bridgehead atoms. The Hall–Kier alpha value is -1.62. The zero-order chi connectivity index (χ0) is 13.6. The van der Waals surface area contributed by atoms with Crippen LogP contribution in [-0.2, 0) is 6.54 Å². The number of aromatic nitrogens is 4. The lowest BCUT2D eigenvalue weighted by atomic mass is 10.1. The number of hydrogen-bond acceptors (Lipinski definition) is 3. The van der Waals surface area contributed by atoms with E-state index in [2.05, 4.69) is 10.2 Å². The lowest BCUT2D eigenvalue weighted by Crippen LogP contribution is -2.16. The Bertz CT molecular complexity index is 641. The van der Waals surface area contributed by atoms with Crippen LogP contribution in [0, 0.1) is 0 Å². The molecule has 2 aromatic heterocycles. The minimum Gasteiger partial charge on any atom is -0.292 e. The summed E-state index contributed by atoms with van der Waals surface area (Å²) in [6.45, 7) is 4.86. The maximum atomic E-state index is 11.9. The highest BCUT2D eigenvalue weighted by atomic mass is 35.5. The van der Waals surface area contributed by atoms with Gasteiger partial charge in [-0.15, -0.1) is 0 Å². The normalized spacial score (nSPS) is 15.1. The van der Waals surface area contributed by atoms with Gasteiger partial charge in [-0.05, 0) is 26.3 Å². The smallest absolute Gasteiger partial charge is 0.180 e. The summed E-state index contributed by atoms with van der Waals surface area (Å²) in [6.07, 6.45) is 3.07. The molecule has 2 aromatic rings. The third-order valence-corrected chi connectivity index (χ3v) is 3.60. The number of ketones is 1. The van der Waals surface area contributed by atoms with Gasteiger partial charge in [-0.3, -0.25) is 14.2 Å². The summed E-state index contributed by atoms with van der Waals surface area (Å²) in [7, 11) is 0. The van der Waals surface area contributed by atoms with Gasteiger partial charge in [0, 0.05) is 19.0 Å². The fourth-order valence-corrected chi connectivity index (χ4v) is 2.64. The quantitative estimate of drug-likeness (QED) is 0.849. The molecular formula is C13H15ClN4O. The Morgan fingerprint density at radius 2 is 2.21 bits per heavy atom. The molecule has 0 aromatic carbocycles. The zero-order valence-electron chi connectivity index (χ0n) is 10.9. The lowest BCUT2D eigenvalue weighted by molar-refractivity contribution is 0.0951. The molecule has 0 unspecified atom stereocenters. The molecule has 0 saturated heterocycles. The number of Topliss-reactive ketones (excluding diaryl/α,β-unsaturated/α-hetero) is 1. The standard InChI is InChI=1S/C13H15ClN4O/c1-8(2)18-13(9(14)7-15-18)10-6-11-12(19)4-3-5-17(11)16-10/h6-8H,3-5H2,1-2H3. The van der Waals surface area contributed by atoms with E-state index in [1.54, 1.807) is 10.9 Å². The van der Waals surface area contributed by atoms with Crippen molar-refractivity contribution in [2.24, 2.45) is 0 Å². The molecule has 1 aliphatic heterocycles. The average molecular weight is 279 g/mol. The number of carbonyl (C=O) groups is 1. The second-order valence-corrected chi connectivity index (χ2v) is 5.45. The first-order chi connectivity index (χ1) is 9.08. The van der Waals surface area contributed by atoms with Crippen molar-refractivity contribution in [2.45, 2.75) is 39.3 Å². The van der Waals surface area contributed by atoms with Gasteiger partial charge < -0.3 is 0 Å². The van der Waals surface area contributed by atoms with Crippen LogP contribution in [0.2, 0.25) is 5.02 Å². The highest BCUT2D eigenvalue weighted by Crippen LogP contribution is 2.30. The van der Waals surface area contributed by atoms with E-state index >= 15 is 0 Å². The van der Waals surface area contributed by atoms with Gasteiger partial charge in [0.1, 0.15) is 17.1 Å². The largest absolute Gasteiger partial charge is 0.292 e. The molecule has 0 aliphatic carbocycles. The minimum absolute atomic E-state index is 0.150. The van der Waals surface area contributed by atoms with Crippen molar-refractivity contribution < 1.29 is 4.79 Å². The molecule has 6 heteroatoms. The van der Waals surface area contributed by atoms with E-state index in [0.717, 1.165) is 24.4 Å². The Morgan fingerprint density at radius 3 is 2.89 bits per heavy atom. The van der Waals surface area contributed by atoms with Gasteiger partial charge in [0.15, 0.2) is 5.78 Å². The first kappa shape index (κ1) is 12.4. The maximum absolute atomic E-state index is 11.9. The first-order valence-electron chi connectivity index (χ1n) is 6.42. The van der Waals surface area contributed by atoms with Gasteiger partial charge in [-0.25, -0.2) is 0 Å². The molecular weight excluding hydrogens is 264 g/mol. The molecule has 0 saturated carbocycles. The van der Waals surface area contributed by atoms with E-state index in [9.17, 15) is 4.79 Å². The van der Waals surface area contributed by atoms with Crippen LogP contribution in [0.3, 0.4) is 0 Å².